The van der Waals surface area contributed by atoms with E-state index < -0.39 is 0 Å². The zero-order chi connectivity index (χ0) is 16.2. The lowest BCUT2D eigenvalue weighted by Gasteiger charge is -2.34. The van der Waals surface area contributed by atoms with E-state index in [0.717, 1.165) is 31.5 Å². The lowest BCUT2D eigenvalue weighted by atomic mass is 10.1. The van der Waals surface area contributed by atoms with Crippen LogP contribution in [0.15, 0.2) is 24.3 Å². The Morgan fingerprint density at radius 3 is 2.35 bits per heavy atom. The molecule has 2 fully saturated rings. The van der Waals surface area contributed by atoms with E-state index in [9.17, 15) is 9.59 Å². The molecule has 1 heterocycles. The van der Waals surface area contributed by atoms with Crippen LogP contribution in [0, 0.1) is 0 Å². The first-order valence-electron chi connectivity index (χ1n) is 8.14. The highest BCUT2D eigenvalue weighted by Crippen LogP contribution is 2.18. The lowest BCUT2D eigenvalue weighted by Crippen LogP contribution is -2.51. The Kier molecular flexibility index (Phi) is 5.18. The standard InChI is InChI=1S/C17H22ClN3O2/c18-14-3-1-13(2-4-14)11-17(23)21-9-7-20(8-10-21)12-16(22)19-15-5-6-15/h1-4,15H,5-12H2,(H,19,22). The van der Waals surface area contributed by atoms with E-state index in [1.165, 1.54) is 0 Å². The summed E-state index contributed by atoms with van der Waals surface area (Å²) in [5.41, 5.74) is 0.977. The second kappa shape index (κ2) is 7.32. The summed E-state index contributed by atoms with van der Waals surface area (Å²) in [6.07, 6.45) is 2.62. The van der Waals surface area contributed by atoms with Gasteiger partial charge in [0.05, 0.1) is 13.0 Å². The molecule has 3 rings (SSSR count). The van der Waals surface area contributed by atoms with Crippen LogP contribution in [0.2, 0.25) is 5.02 Å². The van der Waals surface area contributed by atoms with Crippen molar-refractivity contribution < 1.29 is 9.59 Å². The van der Waals surface area contributed by atoms with Crippen LogP contribution in [0.1, 0.15) is 18.4 Å². The van der Waals surface area contributed by atoms with Crippen LogP contribution in [-0.2, 0) is 16.0 Å². The molecule has 0 unspecified atom stereocenters. The molecule has 5 nitrogen and oxygen atoms in total. The zero-order valence-corrected chi connectivity index (χ0v) is 13.9. The van der Waals surface area contributed by atoms with Gasteiger partial charge < -0.3 is 10.2 Å². The van der Waals surface area contributed by atoms with Crippen LogP contribution in [0.25, 0.3) is 0 Å². The van der Waals surface area contributed by atoms with Gasteiger partial charge in [-0.1, -0.05) is 23.7 Å². The largest absolute Gasteiger partial charge is 0.352 e. The van der Waals surface area contributed by atoms with Crippen molar-refractivity contribution in [3.05, 3.63) is 34.9 Å². The van der Waals surface area contributed by atoms with Crippen molar-refractivity contribution in [2.24, 2.45) is 0 Å². The number of hydrogen-bond donors (Lipinski definition) is 1. The number of nitrogens with one attached hydrogen (secondary N) is 1. The van der Waals surface area contributed by atoms with Crippen molar-refractivity contribution >= 4 is 23.4 Å². The van der Waals surface area contributed by atoms with Crippen molar-refractivity contribution in [1.29, 1.82) is 0 Å². The molecule has 124 valence electrons. The van der Waals surface area contributed by atoms with E-state index >= 15 is 0 Å². The van der Waals surface area contributed by atoms with Gasteiger partial charge >= 0.3 is 0 Å². The van der Waals surface area contributed by atoms with Gasteiger partial charge in [-0.15, -0.1) is 0 Å². The van der Waals surface area contributed by atoms with Crippen LogP contribution < -0.4 is 5.32 Å². The molecule has 0 radical (unpaired) electrons. The van der Waals surface area contributed by atoms with Gasteiger partial charge in [-0.05, 0) is 30.5 Å². The van der Waals surface area contributed by atoms with E-state index in [1.54, 1.807) is 12.1 Å². The maximum atomic E-state index is 12.3. The first-order valence-corrected chi connectivity index (χ1v) is 8.52. The average molecular weight is 336 g/mol. The average Bonchev–Trinajstić information content (AvgIpc) is 3.34. The molecule has 0 spiro atoms. The van der Waals surface area contributed by atoms with Crippen LogP contribution >= 0.6 is 11.6 Å². The van der Waals surface area contributed by atoms with Gasteiger partial charge in [-0.2, -0.15) is 0 Å². The molecule has 6 heteroatoms. The summed E-state index contributed by atoms with van der Waals surface area (Å²) in [4.78, 5) is 28.1. The highest BCUT2D eigenvalue weighted by Gasteiger charge is 2.26. The summed E-state index contributed by atoms with van der Waals surface area (Å²) in [7, 11) is 0. The molecule has 1 aliphatic heterocycles. The molecule has 1 aromatic carbocycles. The predicted molar refractivity (Wildman–Crippen MR) is 89.3 cm³/mol. The number of carbonyl (C=O) groups is 2. The molecule has 2 amide bonds. The van der Waals surface area contributed by atoms with Crippen LogP contribution in [0.5, 0.6) is 0 Å². The van der Waals surface area contributed by atoms with Crippen LogP contribution in [0.4, 0.5) is 0 Å². The van der Waals surface area contributed by atoms with Crippen LogP contribution in [0.3, 0.4) is 0 Å². The van der Waals surface area contributed by atoms with Gasteiger partial charge in [-0.25, -0.2) is 0 Å². The van der Waals surface area contributed by atoms with E-state index in [0.29, 0.717) is 37.1 Å². The molecule has 1 saturated heterocycles. The maximum Gasteiger partial charge on any atom is 0.234 e. The number of carbonyl (C=O) groups excluding carboxylic acids is 2. The molecule has 23 heavy (non-hydrogen) atoms. The number of rotatable bonds is 5. The number of halogens is 1. The number of piperazine rings is 1. The third-order valence-electron chi connectivity index (χ3n) is 4.30. The fourth-order valence-corrected chi connectivity index (χ4v) is 2.87. The molecule has 1 aliphatic carbocycles. The summed E-state index contributed by atoms with van der Waals surface area (Å²) in [5.74, 6) is 0.239. The topological polar surface area (TPSA) is 52.7 Å². The summed E-state index contributed by atoms with van der Waals surface area (Å²) in [6, 6.07) is 7.79. The van der Waals surface area contributed by atoms with Crippen molar-refractivity contribution in [2.45, 2.75) is 25.3 Å². The Morgan fingerprint density at radius 1 is 1.09 bits per heavy atom. The monoisotopic (exact) mass is 335 g/mol. The molecular formula is C17H22ClN3O2. The Balaban J connectivity index is 1.41. The first kappa shape index (κ1) is 16.3. The van der Waals surface area contributed by atoms with E-state index in [1.807, 2.05) is 17.0 Å². The van der Waals surface area contributed by atoms with Crippen LogP contribution in [-0.4, -0.2) is 60.4 Å². The Labute approximate surface area is 141 Å². The van der Waals surface area contributed by atoms with Gasteiger partial charge in [-0.3, -0.25) is 14.5 Å². The molecule has 0 aromatic heterocycles. The first-order chi connectivity index (χ1) is 11.1. The van der Waals surface area contributed by atoms with Gasteiger partial charge in [0.2, 0.25) is 11.8 Å². The Morgan fingerprint density at radius 2 is 1.74 bits per heavy atom. The molecule has 0 bridgehead atoms. The number of amides is 2. The van der Waals surface area contributed by atoms with Crippen molar-refractivity contribution in [3.8, 4) is 0 Å². The van der Waals surface area contributed by atoms with Gasteiger partial charge in [0.15, 0.2) is 0 Å². The SMILES string of the molecule is O=C(CN1CCN(C(=O)Cc2ccc(Cl)cc2)CC1)NC1CC1. The van der Waals surface area contributed by atoms with Gasteiger partial charge in [0, 0.05) is 37.2 Å². The van der Waals surface area contributed by atoms with E-state index in [-0.39, 0.29) is 11.8 Å². The fraction of sp³-hybridized carbons (Fsp3) is 0.529. The van der Waals surface area contributed by atoms with E-state index in [4.69, 9.17) is 11.6 Å². The van der Waals surface area contributed by atoms with Crippen molar-refractivity contribution in [1.82, 2.24) is 15.1 Å². The fourth-order valence-electron chi connectivity index (χ4n) is 2.75. The minimum Gasteiger partial charge on any atom is -0.352 e. The van der Waals surface area contributed by atoms with Gasteiger partial charge in [0.1, 0.15) is 0 Å². The summed E-state index contributed by atoms with van der Waals surface area (Å²) in [5, 5.41) is 3.68. The Hall–Kier alpha value is -1.59. The third-order valence-corrected chi connectivity index (χ3v) is 4.56. The summed E-state index contributed by atoms with van der Waals surface area (Å²) < 4.78 is 0. The summed E-state index contributed by atoms with van der Waals surface area (Å²) >= 11 is 5.86. The molecule has 1 saturated carbocycles. The normalized spacial score (nSPS) is 18.7. The molecule has 0 atom stereocenters. The predicted octanol–water partition coefficient (Wildman–Crippen LogP) is 1.31. The van der Waals surface area contributed by atoms with Gasteiger partial charge in [0.25, 0.3) is 0 Å². The van der Waals surface area contributed by atoms with E-state index in [2.05, 4.69) is 10.2 Å². The molecule has 1 N–H and O–H groups in total. The highest BCUT2D eigenvalue weighted by atomic mass is 35.5. The molecule has 2 aliphatic rings. The second-order valence-corrected chi connectivity index (χ2v) is 6.74. The highest BCUT2D eigenvalue weighted by molar-refractivity contribution is 6.30. The summed E-state index contributed by atoms with van der Waals surface area (Å²) in [6.45, 7) is 3.32. The third kappa shape index (κ3) is 4.94. The zero-order valence-electron chi connectivity index (χ0n) is 13.1. The maximum absolute atomic E-state index is 12.3. The molecular weight excluding hydrogens is 314 g/mol. The lowest BCUT2D eigenvalue weighted by molar-refractivity contribution is -0.132. The molecule has 1 aromatic rings. The minimum atomic E-state index is 0.105. The quantitative estimate of drug-likeness (QED) is 0.882. The smallest absolute Gasteiger partial charge is 0.234 e. The second-order valence-electron chi connectivity index (χ2n) is 6.30. The number of nitrogens with zero attached hydrogens (tertiary/aromatic N) is 2. The number of hydrogen-bond acceptors (Lipinski definition) is 3. The minimum absolute atomic E-state index is 0.105. The number of benzene rings is 1. The Bertz CT molecular complexity index is 564. The van der Waals surface area contributed by atoms with Crippen molar-refractivity contribution in [2.75, 3.05) is 32.7 Å². The van der Waals surface area contributed by atoms with Crippen molar-refractivity contribution in [3.63, 3.8) is 0 Å².